The number of carbonyl (C=O) groups is 2. The number of hydrogen-bond donors (Lipinski definition) is 1. The smallest absolute Gasteiger partial charge is 0.356 e. The van der Waals surface area contributed by atoms with Gasteiger partial charge in [0.15, 0.2) is 5.69 Å². The minimum Gasteiger partial charge on any atom is -0.476 e. The number of benzene rings is 2. The zero-order valence-corrected chi connectivity index (χ0v) is 18.7. The molecule has 0 spiro atoms. The number of hydrogen-bond acceptors (Lipinski definition) is 4. The molecule has 0 fully saturated rings. The monoisotopic (exact) mass is 438 g/mol. The molecule has 168 valence electrons. The number of nitrogens with zero attached hydrogens (tertiary/aromatic N) is 2. The van der Waals surface area contributed by atoms with Crippen LogP contribution >= 0.6 is 0 Å². The predicted octanol–water partition coefficient (Wildman–Crippen LogP) is 5.34. The number of esters is 1. The fraction of sp³-hybridized carbons (Fsp3) is 0.320. The number of carboxylic acid groups (broad SMARTS) is 1. The van der Waals surface area contributed by atoms with Crippen LogP contribution < -0.4 is 0 Å². The first-order valence-corrected chi connectivity index (χ1v) is 10.5. The Morgan fingerprint density at radius 2 is 1.84 bits per heavy atom. The molecular weight excluding hydrogens is 411 g/mol. The zero-order valence-electron chi connectivity index (χ0n) is 18.7. The molecule has 0 saturated heterocycles. The zero-order chi connectivity index (χ0) is 23.5. The lowest BCUT2D eigenvalue weighted by molar-refractivity contribution is 0.00702. The van der Waals surface area contributed by atoms with Crippen molar-refractivity contribution in [1.29, 1.82) is 0 Å². The van der Waals surface area contributed by atoms with Gasteiger partial charge in [0.1, 0.15) is 11.4 Å². The minimum absolute atomic E-state index is 0.0585. The maximum absolute atomic E-state index is 15.0. The molecule has 0 bridgehead atoms. The summed E-state index contributed by atoms with van der Waals surface area (Å²) < 4.78 is 22.0. The maximum atomic E-state index is 15.0. The Labute approximate surface area is 186 Å². The molecule has 3 rings (SSSR count). The molecule has 0 radical (unpaired) electrons. The van der Waals surface area contributed by atoms with Crippen LogP contribution in [0.15, 0.2) is 48.5 Å². The van der Waals surface area contributed by atoms with E-state index in [1.54, 1.807) is 57.2 Å². The fourth-order valence-electron chi connectivity index (χ4n) is 3.40. The van der Waals surface area contributed by atoms with E-state index in [1.165, 1.54) is 16.8 Å². The number of ether oxygens (including phenoxy) is 1. The molecule has 1 N–H and O–H groups in total. The van der Waals surface area contributed by atoms with Gasteiger partial charge in [-0.15, -0.1) is 0 Å². The molecule has 0 amide bonds. The third-order valence-electron chi connectivity index (χ3n) is 4.82. The van der Waals surface area contributed by atoms with E-state index in [2.05, 4.69) is 5.10 Å². The van der Waals surface area contributed by atoms with Crippen LogP contribution in [0.25, 0.3) is 11.1 Å². The second-order valence-electron chi connectivity index (χ2n) is 8.59. The Morgan fingerprint density at radius 3 is 2.47 bits per heavy atom. The van der Waals surface area contributed by atoms with Crippen molar-refractivity contribution in [2.45, 2.75) is 52.7 Å². The van der Waals surface area contributed by atoms with Crippen LogP contribution in [-0.2, 0) is 17.7 Å². The quantitative estimate of drug-likeness (QED) is 0.503. The molecule has 0 atom stereocenters. The van der Waals surface area contributed by atoms with Crippen molar-refractivity contribution in [3.05, 3.63) is 76.9 Å². The first-order chi connectivity index (χ1) is 15.1. The van der Waals surface area contributed by atoms with E-state index in [4.69, 9.17) is 4.74 Å². The van der Waals surface area contributed by atoms with Crippen molar-refractivity contribution in [3.63, 3.8) is 0 Å². The molecule has 32 heavy (non-hydrogen) atoms. The van der Waals surface area contributed by atoms with Gasteiger partial charge in [-0.05, 0) is 56.5 Å². The molecule has 0 aliphatic rings. The normalized spacial score (nSPS) is 11.4. The highest BCUT2D eigenvalue weighted by Crippen LogP contribution is 2.28. The molecule has 0 aliphatic heterocycles. The van der Waals surface area contributed by atoms with Crippen molar-refractivity contribution >= 4 is 11.9 Å². The van der Waals surface area contributed by atoms with E-state index < -0.39 is 23.4 Å². The van der Waals surface area contributed by atoms with Crippen molar-refractivity contribution in [1.82, 2.24) is 9.78 Å². The van der Waals surface area contributed by atoms with Crippen LogP contribution in [0.4, 0.5) is 4.39 Å². The van der Waals surface area contributed by atoms with Crippen LogP contribution in [0.3, 0.4) is 0 Å². The third-order valence-corrected chi connectivity index (χ3v) is 4.82. The van der Waals surface area contributed by atoms with E-state index in [-0.39, 0.29) is 12.2 Å². The van der Waals surface area contributed by atoms with Crippen LogP contribution in [0.1, 0.15) is 66.2 Å². The summed E-state index contributed by atoms with van der Waals surface area (Å²) in [6.45, 7) is 7.47. The molecule has 0 unspecified atom stereocenters. The van der Waals surface area contributed by atoms with Crippen LogP contribution in [0.2, 0.25) is 0 Å². The minimum atomic E-state index is -1.12. The highest BCUT2D eigenvalue weighted by Gasteiger charge is 2.21. The predicted molar refractivity (Wildman–Crippen MR) is 119 cm³/mol. The van der Waals surface area contributed by atoms with Gasteiger partial charge in [0.2, 0.25) is 0 Å². The molecule has 6 nitrogen and oxygen atoms in total. The number of carboxylic acids is 1. The summed E-state index contributed by atoms with van der Waals surface area (Å²) in [7, 11) is 0. The van der Waals surface area contributed by atoms with Gasteiger partial charge in [-0.3, -0.25) is 4.68 Å². The van der Waals surface area contributed by atoms with E-state index in [0.717, 1.165) is 12.1 Å². The molecule has 2 aromatic carbocycles. The Morgan fingerprint density at radius 1 is 1.12 bits per heavy atom. The number of rotatable bonds is 7. The average Bonchev–Trinajstić information content (AvgIpc) is 3.11. The van der Waals surface area contributed by atoms with Crippen molar-refractivity contribution in [3.8, 4) is 11.1 Å². The van der Waals surface area contributed by atoms with E-state index in [0.29, 0.717) is 28.7 Å². The van der Waals surface area contributed by atoms with Crippen LogP contribution in [0, 0.1) is 5.82 Å². The lowest BCUT2D eigenvalue weighted by atomic mass is 9.98. The number of aromatic carboxylic acids is 1. The summed E-state index contributed by atoms with van der Waals surface area (Å²) in [4.78, 5) is 23.9. The second kappa shape index (κ2) is 9.34. The van der Waals surface area contributed by atoms with Crippen molar-refractivity contribution in [2.24, 2.45) is 0 Å². The van der Waals surface area contributed by atoms with E-state index in [1.807, 2.05) is 6.92 Å². The summed E-state index contributed by atoms with van der Waals surface area (Å²) in [6, 6.07) is 13.2. The number of carbonyl (C=O) groups excluding carboxylic acids is 1. The van der Waals surface area contributed by atoms with Gasteiger partial charge in [-0.25, -0.2) is 14.0 Å². The lowest BCUT2D eigenvalue weighted by Gasteiger charge is -2.20. The molecule has 1 heterocycles. The Bertz CT molecular complexity index is 1150. The first-order valence-electron chi connectivity index (χ1n) is 10.5. The summed E-state index contributed by atoms with van der Waals surface area (Å²) in [5, 5.41) is 13.3. The Balaban J connectivity index is 1.92. The number of halogens is 1. The summed E-state index contributed by atoms with van der Waals surface area (Å²) >= 11 is 0. The molecule has 1 aromatic heterocycles. The SMILES string of the molecule is CCCc1cc(C(=O)O)nn1Cc1ccc(-c2ccccc2C(=O)OC(C)(C)C)cc1F. The average molecular weight is 438 g/mol. The van der Waals surface area contributed by atoms with E-state index in [9.17, 15) is 14.7 Å². The van der Waals surface area contributed by atoms with E-state index >= 15 is 4.39 Å². The van der Waals surface area contributed by atoms with Crippen molar-refractivity contribution in [2.75, 3.05) is 0 Å². The highest BCUT2D eigenvalue weighted by molar-refractivity contribution is 5.97. The largest absolute Gasteiger partial charge is 0.476 e. The topological polar surface area (TPSA) is 81.4 Å². The van der Waals surface area contributed by atoms with Gasteiger partial charge < -0.3 is 9.84 Å². The molecule has 7 heteroatoms. The molecular formula is C25H27FN2O4. The van der Waals surface area contributed by atoms with Gasteiger partial charge in [0, 0.05) is 11.3 Å². The summed E-state index contributed by atoms with van der Waals surface area (Å²) in [5.74, 6) is -2.05. The first kappa shape index (κ1) is 23.2. The highest BCUT2D eigenvalue weighted by atomic mass is 19.1. The number of aromatic nitrogens is 2. The molecule has 3 aromatic rings. The molecule has 0 aliphatic carbocycles. The standard InChI is InChI=1S/C25H27FN2O4/c1-5-8-18-14-22(23(29)30)27-28(18)15-17-12-11-16(13-21(17)26)19-9-6-7-10-20(19)24(31)32-25(2,3)4/h6-7,9-14H,5,8,15H2,1-4H3,(H,29,30). The fourth-order valence-corrected chi connectivity index (χ4v) is 3.40. The van der Waals surface area contributed by atoms with Gasteiger partial charge in [0.25, 0.3) is 0 Å². The van der Waals surface area contributed by atoms with Crippen LogP contribution in [-0.4, -0.2) is 32.4 Å². The maximum Gasteiger partial charge on any atom is 0.356 e. The van der Waals surface area contributed by atoms with Gasteiger partial charge >= 0.3 is 11.9 Å². The number of aryl methyl sites for hydroxylation is 1. The van der Waals surface area contributed by atoms with Crippen molar-refractivity contribution < 1.29 is 23.8 Å². The second-order valence-corrected chi connectivity index (χ2v) is 8.59. The molecule has 0 saturated carbocycles. The van der Waals surface area contributed by atoms with Gasteiger partial charge in [-0.2, -0.15) is 5.10 Å². The van der Waals surface area contributed by atoms with Gasteiger partial charge in [0.05, 0.1) is 12.1 Å². The Hall–Kier alpha value is -3.48. The Kier molecular flexibility index (Phi) is 6.77. The summed E-state index contributed by atoms with van der Waals surface area (Å²) in [5.41, 5.74) is 1.90. The van der Waals surface area contributed by atoms with Crippen LogP contribution in [0.5, 0.6) is 0 Å². The van der Waals surface area contributed by atoms with Gasteiger partial charge in [-0.1, -0.05) is 43.7 Å². The third kappa shape index (κ3) is 5.41. The summed E-state index contributed by atoms with van der Waals surface area (Å²) in [6.07, 6.45) is 1.46. The lowest BCUT2D eigenvalue weighted by Crippen LogP contribution is -2.24.